The largest absolute Gasteiger partial charge is 0.397 e. The van der Waals surface area contributed by atoms with E-state index in [1.54, 1.807) is 0 Å². The van der Waals surface area contributed by atoms with Gasteiger partial charge in [-0.3, -0.25) is 4.99 Å². The average Bonchev–Trinajstić information content (AvgIpc) is 2.99. The minimum absolute atomic E-state index is 0.681. The van der Waals surface area contributed by atoms with Gasteiger partial charge >= 0.3 is 0 Å². The first-order valence-electron chi connectivity index (χ1n) is 8.11. The van der Waals surface area contributed by atoms with Crippen molar-refractivity contribution in [2.75, 3.05) is 5.73 Å². The van der Waals surface area contributed by atoms with Crippen LogP contribution in [-0.4, -0.2) is 10.8 Å². The van der Waals surface area contributed by atoms with Crippen molar-refractivity contribution in [3.05, 3.63) is 78.0 Å². The molecule has 0 spiro atoms. The minimum Gasteiger partial charge on any atom is -0.397 e. The number of benzene rings is 2. The highest BCUT2D eigenvalue weighted by Gasteiger charge is 2.21. The number of rotatable bonds is 3. The number of aryl methyl sites for hydroxylation is 2. The highest BCUT2D eigenvalue weighted by Crippen LogP contribution is 2.35. The highest BCUT2D eigenvalue weighted by atomic mass is 15.0. The molecule has 0 unspecified atom stereocenters. The van der Waals surface area contributed by atoms with Gasteiger partial charge in [0.1, 0.15) is 0 Å². The molecule has 0 radical (unpaired) electrons. The predicted molar refractivity (Wildman–Crippen MR) is 102 cm³/mol. The Morgan fingerprint density at radius 2 is 1.75 bits per heavy atom. The van der Waals surface area contributed by atoms with E-state index in [0.717, 1.165) is 24.2 Å². The van der Waals surface area contributed by atoms with E-state index in [1.165, 1.54) is 22.4 Å². The summed E-state index contributed by atoms with van der Waals surface area (Å²) in [6.07, 6.45) is 5.85. The van der Waals surface area contributed by atoms with Crippen LogP contribution >= 0.6 is 0 Å². The summed E-state index contributed by atoms with van der Waals surface area (Å²) in [6.45, 7) is 3.99. The van der Waals surface area contributed by atoms with Crippen molar-refractivity contribution < 1.29 is 0 Å². The number of aliphatic imine (C=N–C) groups is 1. The van der Waals surface area contributed by atoms with E-state index in [0.29, 0.717) is 5.69 Å². The molecule has 3 heteroatoms. The Labute approximate surface area is 141 Å². The summed E-state index contributed by atoms with van der Waals surface area (Å²) in [4.78, 5) is 4.57. The molecule has 24 heavy (non-hydrogen) atoms. The molecule has 3 nitrogen and oxygen atoms in total. The molecule has 0 atom stereocenters. The van der Waals surface area contributed by atoms with Crippen molar-refractivity contribution >= 4 is 23.8 Å². The van der Waals surface area contributed by atoms with Crippen LogP contribution < -0.4 is 5.73 Å². The monoisotopic (exact) mass is 313 g/mol. The van der Waals surface area contributed by atoms with E-state index in [-0.39, 0.29) is 0 Å². The van der Waals surface area contributed by atoms with Crippen molar-refractivity contribution in [2.24, 2.45) is 4.99 Å². The fourth-order valence-electron chi connectivity index (χ4n) is 3.37. The average molecular weight is 313 g/mol. The number of nitrogens with two attached hydrogens (primary N) is 1. The second kappa shape index (κ2) is 5.85. The molecule has 0 fully saturated rings. The summed E-state index contributed by atoms with van der Waals surface area (Å²) in [6, 6.07) is 18.4. The normalized spacial score (nSPS) is 12.8. The molecule has 0 aliphatic heterocycles. The lowest BCUT2D eigenvalue weighted by atomic mass is 9.90. The van der Waals surface area contributed by atoms with Crippen LogP contribution in [0.25, 0.3) is 17.5 Å². The second-order valence-electron chi connectivity index (χ2n) is 5.97. The van der Waals surface area contributed by atoms with Crippen molar-refractivity contribution in [2.45, 2.75) is 12.8 Å². The molecule has 1 heterocycles. The van der Waals surface area contributed by atoms with Gasteiger partial charge in [0, 0.05) is 11.8 Å². The zero-order valence-electron chi connectivity index (χ0n) is 13.4. The number of anilines is 1. The summed E-state index contributed by atoms with van der Waals surface area (Å²) < 4.78 is 2.12. The van der Waals surface area contributed by atoms with Crippen LogP contribution in [0.5, 0.6) is 0 Å². The number of nitrogens with zero attached hydrogens (tertiary/aromatic N) is 2. The molecule has 2 N–H and O–H groups in total. The van der Waals surface area contributed by atoms with Crippen LogP contribution in [0, 0.1) is 0 Å². The molecule has 1 aromatic heterocycles. The van der Waals surface area contributed by atoms with Gasteiger partial charge in [0.2, 0.25) is 0 Å². The lowest BCUT2D eigenvalue weighted by Gasteiger charge is -2.18. The number of hydrogen-bond acceptors (Lipinski definition) is 2. The Kier molecular flexibility index (Phi) is 3.54. The van der Waals surface area contributed by atoms with E-state index in [9.17, 15) is 0 Å². The van der Waals surface area contributed by atoms with E-state index < -0.39 is 0 Å². The Morgan fingerprint density at radius 1 is 1.00 bits per heavy atom. The van der Waals surface area contributed by atoms with Gasteiger partial charge < -0.3 is 10.3 Å². The van der Waals surface area contributed by atoms with E-state index >= 15 is 0 Å². The fraction of sp³-hybridized carbons (Fsp3) is 0.0952. The van der Waals surface area contributed by atoms with E-state index in [2.05, 4.69) is 46.5 Å². The standard InChI is InChI=1S/C21H19N3/c1-2-24-17(14-23-20-10-6-5-9-19(20)22)13-16-12-11-15-7-3-4-8-18(15)21(16)24/h2-10,13-14H,1,11-12,22H2. The first kappa shape index (κ1) is 14.5. The first-order valence-corrected chi connectivity index (χ1v) is 8.11. The summed E-state index contributed by atoms with van der Waals surface area (Å²) in [5.74, 6) is 0. The smallest absolute Gasteiger partial charge is 0.0859 e. The number of aromatic nitrogens is 1. The Bertz CT molecular complexity index is 947. The van der Waals surface area contributed by atoms with Gasteiger partial charge in [0.25, 0.3) is 0 Å². The maximum absolute atomic E-state index is 5.98. The highest BCUT2D eigenvalue weighted by molar-refractivity contribution is 5.87. The summed E-state index contributed by atoms with van der Waals surface area (Å²) in [5, 5.41) is 0. The zero-order chi connectivity index (χ0) is 16.5. The van der Waals surface area contributed by atoms with Crippen LogP contribution in [0.4, 0.5) is 11.4 Å². The molecule has 3 aromatic rings. The second-order valence-corrected chi connectivity index (χ2v) is 5.97. The third-order valence-electron chi connectivity index (χ3n) is 4.54. The predicted octanol–water partition coefficient (Wildman–Crippen LogP) is 4.69. The molecule has 118 valence electrons. The molecule has 1 aliphatic rings. The Balaban J connectivity index is 1.81. The Morgan fingerprint density at radius 3 is 2.58 bits per heavy atom. The molecular formula is C21H19N3. The van der Waals surface area contributed by atoms with Crippen molar-refractivity contribution in [1.29, 1.82) is 0 Å². The van der Waals surface area contributed by atoms with Gasteiger partial charge in [0.05, 0.1) is 29.0 Å². The van der Waals surface area contributed by atoms with Gasteiger partial charge in [-0.15, -0.1) is 0 Å². The molecule has 1 aliphatic carbocycles. The van der Waals surface area contributed by atoms with Gasteiger partial charge in [-0.25, -0.2) is 0 Å². The third kappa shape index (κ3) is 2.35. The zero-order valence-corrected chi connectivity index (χ0v) is 13.4. The lowest BCUT2D eigenvalue weighted by Crippen LogP contribution is -2.05. The SMILES string of the molecule is C=Cn1c(C=Nc2ccccc2N)cc2c1-c1ccccc1CC2. The number of hydrogen-bond donors (Lipinski definition) is 1. The molecular weight excluding hydrogens is 294 g/mol. The van der Waals surface area contributed by atoms with Gasteiger partial charge in [-0.2, -0.15) is 0 Å². The molecule has 0 bridgehead atoms. The number of fused-ring (bicyclic) bond motifs is 3. The maximum Gasteiger partial charge on any atom is 0.0859 e. The van der Waals surface area contributed by atoms with Crippen LogP contribution in [0.2, 0.25) is 0 Å². The lowest BCUT2D eigenvalue weighted by molar-refractivity contribution is 0.934. The van der Waals surface area contributed by atoms with Crippen LogP contribution in [0.15, 0.2) is 66.2 Å². The van der Waals surface area contributed by atoms with E-state index in [4.69, 9.17) is 5.73 Å². The minimum atomic E-state index is 0.681. The van der Waals surface area contributed by atoms with Crippen molar-refractivity contribution in [1.82, 2.24) is 4.57 Å². The van der Waals surface area contributed by atoms with Crippen molar-refractivity contribution in [3.8, 4) is 11.3 Å². The maximum atomic E-state index is 5.98. The third-order valence-corrected chi connectivity index (χ3v) is 4.54. The van der Waals surface area contributed by atoms with Crippen LogP contribution in [0.1, 0.15) is 16.8 Å². The van der Waals surface area contributed by atoms with Crippen LogP contribution in [-0.2, 0) is 12.8 Å². The van der Waals surface area contributed by atoms with E-state index in [1.807, 2.05) is 36.7 Å². The van der Waals surface area contributed by atoms with Gasteiger partial charge in [-0.05, 0) is 42.2 Å². The van der Waals surface area contributed by atoms with Crippen LogP contribution in [0.3, 0.4) is 0 Å². The fourth-order valence-corrected chi connectivity index (χ4v) is 3.37. The first-order chi connectivity index (χ1) is 11.8. The topological polar surface area (TPSA) is 43.3 Å². The molecule has 0 saturated heterocycles. The molecule has 4 rings (SSSR count). The quantitative estimate of drug-likeness (QED) is 0.553. The van der Waals surface area contributed by atoms with Gasteiger partial charge in [0.15, 0.2) is 0 Å². The summed E-state index contributed by atoms with van der Waals surface area (Å²) in [5.41, 5.74) is 13.7. The molecule has 2 aromatic carbocycles. The number of nitrogen functional groups attached to an aromatic ring is 1. The summed E-state index contributed by atoms with van der Waals surface area (Å²) in [7, 11) is 0. The molecule has 0 saturated carbocycles. The summed E-state index contributed by atoms with van der Waals surface area (Å²) >= 11 is 0. The molecule has 0 amide bonds. The number of para-hydroxylation sites is 2. The van der Waals surface area contributed by atoms with Crippen molar-refractivity contribution in [3.63, 3.8) is 0 Å². The Hall–Kier alpha value is -3.07. The van der Waals surface area contributed by atoms with Gasteiger partial charge in [-0.1, -0.05) is 43.0 Å².